The Hall–Kier alpha value is -7.24. The van der Waals surface area contributed by atoms with E-state index in [1.807, 2.05) is 0 Å². The normalized spacial score (nSPS) is 16.4. The molecule has 18 heteroatoms. The van der Waals surface area contributed by atoms with Crippen molar-refractivity contribution in [3.63, 3.8) is 0 Å². The number of anilines is 2. The van der Waals surface area contributed by atoms with Crippen LogP contribution >= 0.6 is 0 Å². The minimum Gasteiger partial charge on any atom is -0.485 e. The van der Waals surface area contributed by atoms with Gasteiger partial charge in [0, 0.05) is 17.4 Å². The van der Waals surface area contributed by atoms with Gasteiger partial charge in [0.1, 0.15) is 35.7 Å². The fourth-order valence-corrected chi connectivity index (χ4v) is 6.89. The molecule has 0 bridgehead atoms. The van der Waals surface area contributed by atoms with Crippen LogP contribution in [0.5, 0.6) is 17.2 Å². The van der Waals surface area contributed by atoms with Gasteiger partial charge >= 0.3 is 12.1 Å². The molecule has 4 N–H and O–H groups in total. The van der Waals surface area contributed by atoms with E-state index in [2.05, 4.69) is 15.4 Å². The standard InChI is InChI=1S/C39H32F3N7O8/c1-20-11-23(57-32-7-3-2-6-26(32)40)8-9-29(20)49-36(43)25(16-44-49)35(50)28-12-21-13-33(55-19-34(41)42)30(15-27(21)46-28)48-37(51)31-14-22(17-47(31)39(48)53)45-38(52)56-18-24-5-4-10-54-24/h2-13,15-16,22,31,34,46H,14,17-19,43H2,1H3,(H,45,52)/t22?,31-/m0/s1. The third-order valence-electron chi connectivity index (χ3n) is 9.55. The van der Waals surface area contributed by atoms with E-state index in [1.165, 1.54) is 52.4 Å². The fraction of sp³-hybridized carbons (Fsp3) is 0.205. The van der Waals surface area contributed by atoms with Crippen LogP contribution in [0.1, 0.15) is 33.8 Å². The van der Waals surface area contributed by atoms with Crippen molar-refractivity contribution in [3.8, 4) is 22.9 Å². The molecule has 3 aromatic carbocycles. The summed E-state index contributed by atoms with van der Waals surface area (Å²) < 4.78 is 63.6. The number of alkyl carbamates (subject to hydrolysis) is 1. The molecule has 1 unspecified atom stereocenters. The number of urea groups is 1. The summed E-state index contributed by atoms with van der Waals surface area (Å²) in [5.41, 5.74) is 7.90. The number of fused-ring (bicyclic) bond motifs is 2. The third-order valence-corrected chi connectivity index (χ3v) is 9.55. The molecule has 2 atom stereocenters. The number of aryl methyl sites for hydroxylation is 1. The largest absolute Gasteiger partial charge is 0.485 e. The van der Waals surface area contributed by atoms with Gasteiger partial charge in [-0.3, -0.25) is 9.59 Å². The van der Waals surface area contributed by atoms with Gasteiger partial charge in [-0.05, 0) is 79.6 Å². The molecular formula is C39H32F3N7O8. The summed E-state index contributed by atoms with van der Waals surface area (Å²) >= 11 is 0. The second-order valence-corrected chi connectivity index (χ2v) is 13.3. The highest BCUT2D eigenvalue weighted by Crippen LogP contribution is 2.40. The monoisotopic (exact) mass is 783 g/mol. The third kappa shape index (κ3) is 7.07. The van der Waals surface area contributed by atoms with Crippen molar-refractivity contribution >= 4 is 46.2 Å². The molecule has 2 aliphatic rings. The van der Waals surface area contributed by atoms with E-state index in [0.717, 1.165) is 4.90 Å². The van der Waals surface area contributed by atoms with Crippen LogP contribution in [0.4, 0.5) is 34.3 Å². The highest BCUT2D eigenvalue weighted by atomic mass is 19.3. The molecule has 2 aliphatic heterocycles. The minimum absolute atomic E-state index is 0.0126. The predicted molar refractivity (Wildman–Crippen MR) is 196 cm³/mol. The number of furan rings is 1. The summed E-state index contributed by atoms with van der Waals surface area (Å²) in [7, 11) is 0. The summed E-state index contributed by atoms with van der Waals surface area (Å²) in [6, 6.07) is 16.1. The van der Waals surface area contributed by atoms with Crippen molar-refractivity contribution in [2.24, 2.45) is 0 Å². The Morgan fingerprint density at radius 3 is 2.61 bits per heavy atom. The van der Waals surface area contributed by atoms with Crippen molar-refractivity contribution in [3.05, 3.63) is 114 Å². The van der Waals surface area contributed by atoms with E-state index in [-0.39, 0.29) is 59.4 Å². The van der Waals surface area contributed by atoms with Gasteiger partial charge in [-0.2, -0.15) is 5.10 Å². The zero-order chi connectivity index (χ0) is 40.0. The van der Waals surface area contributed by atoms with Crippen molar-refractivity contribution in [1.82, 2.24) is 25.0 Å². The smallest absolute Gasteiger partial charge is 0.407 e. The fourth-order valence-electron chi connectivity index (χ4n) is 6.89. The quantitative estimate of drug-likeness (QED) is 0.0916. The van der Waals surface area contributed by atoms with E-state index in [0.29, 0.717) is 28.1 Å². The maximum absolute atomic E-state index is 14.1. The number of carbonyl (C=O) groups excluding carboxylic acids is 4. The number of nitrogen functional groups attached to an aromatic ring is 1. The number of carbonyl (C=O) groups is 4. The van der Waals surface area contributed by atoms with E-state index in [9.17, 15) is 32.3 Å². The number of ketones is 1. The first-order valence-corrected chi connectivity index (χ1v) is 17.5. The number of nitrogens with one attached hydrogen (secondary N) is 2. The van der Waals surface area contributed by atoms with Crippen molar-refractivity contribution in [2.45, 2.75) is 38.5 Å². The van der Waals surface area contributed by atoms with Crippen LogP contribution in [0.15, 0.2) is 89.7 Å². The van der Waals surface area contributed by atoms with Crippen LogP contribution in [-0.2, 0) is 16.1 Å². The summed E-state index contributed by atoms with van der Waals surface area (Å²) in [6.07, 6.45) is -0.820. The number of aromatic nitrogens is 3. The van der Waals surface area contributed by atoms with Gasteiger partial charge in [-0.25, -0.2) is 32.3 Å². The van der Waals surface area contributed by atoms with E-state index in [1.54, 1.807) is 49.4 Å². The van der Waals surface area contributed by atoms with Crippen LogP contribution in [-0.4, -0.2) is 75.1 Å². The van der Waals surface area contributed by atoms with Gasteiger partial charge in [0.15, 0.2) is 18.2 Å². The Morgan fingerprint density at radius 1 is 1.05 bits per heavy atom. The summed E-state index contributed by atoms with van der Waals surface area (Å²) in [5, 5.41) is 7.33. The minimum atomic E-state index is -2.87. The Labute approximate surface area is 320 Å². The van der Waals surface area contributed by atoms with Crippen LogP contribution < -0.4 is 25.4 Å². The molecule has 15 nitrogen and oxygen atoms in total. The number of H-pyrrole nitrogens is 1. The highest BCUT2D eigenvalue weighted by molar-refractivity contribution is 6.23. The Morgan fingerprint density at radius 2 is 1.88 bits per heavy atom. The van der Waals surface area contributed by atoms with Crippen LogP contribution in [0, 0.1) is 12.7 Å². The summed E-state index contributed by atoms with van der Waals surface area (Å²) in [6.45, 7) is 0.613. The van der Waals surface area contributed by atoms with Crippen LogP contribution in [0.25, 0.3) is 16.6 Å². The van der Waals surface area contributed by atoms with Gasteiger partial charge in [-0.1, -0.05) is 12.1 Å². The number of nitrogens with zero attached hydrogens (tertiary/aromatic N) is 4. The van der Waals surface area contributed by atoms with Crippen LogP contribution in [0.2, 0.25) is 0 Å². The molecule has 0 aliphatic carbocycles. The lowest BCUT2D eigenvalue weighted by Gasteiger charge is -2.21. The Kier molecular flexibility index (Phi) is 9.52. The molecule has 0 saturated carbocycles. The molecule has 2 saturated heterocycles. The molecule has 0 radical (unpaired) electrons. The second kappa shape index (κ2) is 14.8. The molecule has 0 spiro atoms. The first kappa shape index (κ1) is 36.7. The Balaban J connectivity index is 1.01. The first-order chi connectivity index (χ1) is 27.4. The average molecular weight is 784 g/mol. The number of nitrogens with two attached hydrogens (primary N) is 1. The van der Waals surface area contributed by atoms with Gasteiger partial charge in [-0.15, -0.1) is 0 Å². The number of ether oxygens (including phenoxy) is 3. The number of imide groups is 1. The number of rotatable bonds is 12. The van der Waals surface area contributed by atoms with Gasteiger partial charge in [0.25, 0.3) is 12.3 Å². The lowest BCUT2D eigenvalue weighted by Crippen LogP contribution is -2.41. The summed E-state index contributed by atoms with van der Waals surface area (Å²) in [4.78, 5) is 58.7. The number of halogens is 3. The van der Waals surface area contributed by atoms with E-state index >= 15 is 0 Å². The summed E-state index contributed by atoms with van der Waals surface area (Å²) in [5.74, 6) is -1.05. The van der Waals surface area contributed by atoms with Crippen molar-refractivity contribution < 1.29 is 51.0 Å². The molecule has 57 heavy (non-hydrogen) atoms. The molecule has 4 amide bonds. The Bertz CT molecular complexity index is 2510. The molecule has 3 aromatic heterocycles. The number of benzene rings is 3. The zero-order valence-electron chi connectivity index (χ0n) is 29.9. The molecule has 8 rings (SSSR count). The van der Waals surface area contributed by atoms with Gasteiger partial charge in [0.05, 0.1) is 41.1 Å². The molecule has 292 valence electrons. The SMILES string of the molecule is Cc1cc(Oc2ccccc2F)ccc1-n1ncc(C(=O)c2cc3cc(OCC(F)F)c(N4C(=O)[C@@H]5CC(NC(=O)OCc6ccco6)CN5C4=O)cc3[nH]2)c1N. The molecule has 6 aromatic rings. The molecule has 5 heterocycles. The lowest BCUT2D eigenvalue weighted by molar-refractivity contribution is -0.119. The zero-order valence-corrected chi connectivity index (χ0v) is 29.9. The number of hydrogen-bond donors (Lipinski definition) is 3. The maximum atomic E-state index is 14.1. The first-order valence-electron chi connectivity index (χ1n) is 17.5. The molecular weight excluding hydrogens is 751 g/mol. The highest BCUT2D eigenvalue weighted by Gasteiger charge is 2.52. The predicted octanol–water partition coefficient (Wildman–Crippen LogP) is 6.48. The van der Waals surface area contributed by atoms with E-state index in [4.69, 9.17) is 24.4 Å². The number of para-hydroxylation sites is 1. The van der Waals surface area contributed by atoms with Gasteiger partial charge < -0.3 is 39.6 Å². The number of alkyl halides is 2. The molecule has 2 fully saturated rings. The van der Waals surface area contributed by atoms with Crippen LogP contribution in [0.3, 0.4) is 0 Å². The average Bonchev–Trinajstić information content (AvgIpc) is 4.03. The van der Waals surface area contributed by atoms with Gasteiger partial charge in [0.2, 0.25) is 5.78 Å². The lowest BCUT2D eigenvalue weighted by atomic mass is 10.1. The van der Waals surface area contributed by atoms with Crippen molar-refractivity contribution in [2.75, 3.05) is 23.8 Å². The number of aromatic amines is 1. The van der Waals surface area contributed by atoms with E-state index < -0.39 is 54.7 Å². The van der Waals surface area contributed by atoms with Crippen molar-refractivity contribution in [1.29, 1.82) is 0 Å². The number of hydrogen-bond acceptors (Lipinski definition) is 10. The number of amides is 4. The maximum Gasteiger partial charge on any atom is 0.407 e. The second-order valence-electron chi connectivity index (χ2n) is 13.3. The topological polar surface area (TPSA) is 187 Å².